The van der Waals surface area contributed by atoms with Crippen molar-refractivity contribution in [2.75, 3.05) is 25.1 Å². The van der Waals surface area contributed by atoms with Gasteiger partial charge in [-0.1, -0.05) is 24.9 Å². The Morgan fingerprint density at radius 2 is 2.27 bits per heavy atom. The van der Waals surface area contributed by atoms with E-state index in [2.05, 4.69) is 14.9 Å². The number of methoxy groups -OCH3 is 1. The molecule has 2 aliphatic rings. The van der Waals surface area contributed by atoms with Crippen LogP contribution in [0.3, 0.4) is 0 Å². The summed E-state index contributed by atoms with van der Waals surface area (Å²) in [6.07, 6.45) is 3.81. The molecule has 2 heterocycles. The molecule has 0 N–H and O–H groups in total. The van der Waals surface area contributed by atoms with Gasteiger partial charge in [0.05, 0.1) is 12.5 Å². The average molecular weight is 324 g/mol. The summed E-state index contributed by atoms with van der Waals surface area (Å²) in [4.78, 5) is 23.5. The predicted octanol–water partition coefficient (Wildman–Crippen LogP) is 2.78. The van der Waals surface area contributed by atoms with Crippen LogP contribution >= 0.6 is 11.6 Å². The zero-order valence-corrected chi connectivity index (χ0v) is 14.1. The van der Waals surface area contributed by atoms with E-state index in [0.29, 0.717) is 17.6 Å². The standard InChI is InChI=1S/C16H22ClN3O2/c1-4-12-18-13(17)10(2)14(19-12)20-8-11-6-5-7-16(11,9-20)15(21)22-3/h11H,4-9H2,1-3H3. The first-order chi connectivity index (χ1) is 10.5. The first kappa shape index (κ1) is 15.5. The Balaban J connectivity index is 1.96. The van der Waals surface area contributed by atoms with E-state index >= 15 is 0 Å². The zero-order valence-electron chi connectivity index (χ0n) is 13.4. The molecule has 1 saturated carbocycles. The number of anilines is 1. The van der Waals surface area contributed by atoms with Crippen LogP contribution in [0.25, 0.3) is 0 Å². The van der Waals surface area contributed by atoms with E-state index in [1.54, 1.807) is 0 Å². The summed E-state index contributed by atoms with van der Waals surface area (Å²) in [5.74, 6) is 1.88. The molecule has 0 radical (unpaired) electrons. The van der Waals surface area contributed by atoms with Crippen LogP contribution in [0, 0.1) is 18.3 Å². The van der Waals surface area contributed by atoms with Crippen molar-refractivity contribution in [1.82, 2.24) is 9.97 Å². The van der Waals surface area contributed by atoms with Gasteiger partial charge in [0.2, 0.25) is 0 Å². The number of halogens is 1. The summed E-state index contributed by atoms with van der Waals surface area (Å²) >= 11 is 6.25. The number of nitrogens with zero attached hydrogens (tertiary/aromatic N) is 3. The molecule has 22 heavy (non-hydrogen) atoms. The third kappa shape index (κ3) is 2.26. The quantitative estimate of drug-likeness (QED) is 0.632. The molecule has 3 rings (SSSR count). The maximum atomic E-state index is 12.4. The molecule has 2 atom stereocenters. The molecule has 1 saturated heterocycles. The van der Waals surface area contributed by atoms with Gasteiger partial charge in [0.15, 0.2) is 0 Å². The molecule has 2 unspecified atom stereocenters. The molecular weight excluding hydrogens is 302 g/mol. The van der Waals surface area contributed by atoms with E-state index < -0.39 is 0 Å². The number of ether oxygens (including phenoxy) is 1. The lowest BCUT2D eigenvalue weighted by atomic mass is 9.81. The maximum absolute atomic E-state index is 12.4. The fraction of sp³-hybridized carbons (Fsp3) is 0.688. The number of hydrogen-bond acceptors (Lipinski definition) is 5. The molecule has 0 aromatic carbocycles. The Labute approximate surface area is 136 Å². The lowest BCUT2D eigenvalue weighted by molar-refractivity contribution is -0.152. The van der Waals surface area contributed by atoms with Crippen molar-refractivity contribution in [2.45, 2.75) is 39.5 Å². The minimum absolute atomic E-state index is 0.0778. The van der Waals surface area contributed by atoms with E-state index in [0.717, 1.165) is 49.4 Å². The van der Waals surface area contributed by atoms with E-state index in [-0.39, 0.29) is 11.4 Å². The number of hydrogen-bond donors (Lipinski definition) is 0. The normalized spacial score (nSPS) is 27.1. The summed E-state index contributed by atoms with van der Waals surface area (Å²) in [5, 5.41) is 0.506. The summed E-state index contributed by atoms with van der Waals surface area (Å²) < 4.78 is 5.10. The van der Waals surface area contributed by atoms with E-state index in [1.165, 1.54) is 7.11 Å². The lowest BCUT2D eigenvalue weighted by Gasteiger charge is -2.26. The van der Waals surface area contributed by atoms with Gasteiger partial charge < -0.3 is 9.64 Å². The number of esters is 1. The third-order valence-corrected chi connectivity index (χ3v) is 5.55. The Morgan fingerprint density at radius 1 is 1.50 bits per heavy atom. The van der Waals surface area contributed by atoms with Gasteiger partial charge in [-0.05, 0) is 25.7 Å². The van der Waals surface area contributed by atoms with Crippen LogP contribution in [0.1, 0.15) is 37.6 Å². The fourth-order valence-electron chi connectivity index (χ4n) is 3.97. The number of rotatable bonds is 3. The van der Waals surface area contributed by atoms with Crippen molar-refractivity contribution in [2.24, 2.45) is 11.3 Å². The highest BCUT2D eigenvalue weighted by atomic mass is 35.5. The number of aromatic nitrogens is 2. The molecule has 120 valence electrons. The van der Waals surface area contributed by atoms with Crippen LogP contribution in [0.2, 0.25) is 5.15 Å². The molecule has 0 amide bonds. The van der Waals surface area contributed by atoms with Crippen LogP contribution in [0.15, 0.2) is 0 Å². The molecule has 0 spiro atoms. The van der Waals surface area contributed by atoms with Gasteiger partial charge in [-0.15, -0.1) is 0 Å². The van der Waals surface area contributed by atoms with Crippen LogP contribution in [0.5, 0.6) is 0 Å². The minimum Gasteiger partial charge on any atom is -0.469 e. The first-order valence-electron chi connectivity index (χ1n) is 7.88. The number of carbonyl (C=O) groups excluding carboxylic acids is 1. The monoisotopic (exact) mass is 323 g/mol. The van der Waals surface area contributed by atoms with Gasteiger partial charge in [-0.2, -0.15) is 0 Å². The van der Waals surface area contributed by atoms with Gasteiger partial charge in [0.1, 0.15) is 16.8 Å². The minimum atomic E-state index is -0.370. The third-order valence-electron chi connectivity index (χ3n) is 5.19. The summed E-state index contributed by atoms with van der Waals surface area (Å²) in [6.45, 7) is 5.46. The van der Waals surface area contributed by atoms with E-state index in [1.807, 2.05) is 13.8 Å². The maximum Gasteiger partial charge on any atom is 0.313 e. The molecule has 0 bridgehead atoms. The summed E-state index contributed by atoms with van der Waals surface area (Å²) in [7, 11) is 1.48. The second kappa shape index (κ2) is 5.69. The Morgan fingerprint density at radius 3 is 2.95 bits per heavy atom. The van der Waals surface area contributed by atoms with Crippen LogP contribution in [-0.2, 0) is 16.0 Å². The molecule has 2 fully saturated rings. The molecule has 6 heteroatoms. The smallest absolute Gasteiger partial charge is 0.313 e. The molecular formula is C16H22ClN3O2. The highest BCUT2D eigenvalue weighted by molar-refractivity contribution is 6.30. The van der Waals surface area contributed by atoms with Crippen LogP contribution in [-0.4, -0.2) is 36.1 Å². The number of fused-ring (bicyclic) bond motifs is 1. The SMILES string of the molecule is CCc1nc(Cl)c(C)c(N2CC3CCCC3(C(=O)OC)C2)n1. The molecule has 1 aromatic heterocycles. The molecule has 1 aliphatic carbocycles. The van der Waals surface area contributed by atoms with Crippen LogP contribution < -0.4 is 4.90 Å². The van der Waals surface area contributed by atoms with Crippen molar-refractivity contribution in [1.29, 1.82) is 0 Å². The summed E-state index contributed by atoms with van der Waals surface area (Å²) in [5.41, 5.74) is 0.518. The number of aryl methyl sites for hydroxylation is 1. The lowest BCUT2D eigenvalue weighted by Crippen LogP contribution is -2.37. The van der Waals surface area contributed by atoms with Crippen LogP contribution in [0.4, 0.5) is 5.82 Å². The van der Waals surface area contributed by atoms with Gasteiger partial charge in [0, 0.05) is 25.1 Å². The van der Waals surface area contributed by atoms with E-state index in [4.69, 9.17) is 16.3 Å². The topological polar surface area (TPSA) is 55.3 Å². The van der Waals surface area contributed by atoms with E-state index in [9.17, 15) is 4.79 Å². The Bertz CT molecular complexity index is 607. The largest absolute Gasteiger partial charge is 0.469 e. The second-order valence-electron chi connectivity index (χ2n) is 6.35. The van der Waals surface area contributed by atoms with Crippen molar-refractivity contribution in [3.8, 4) is 0 Å². The zero-order chi connectivity index (χ0) is 15.9. The first-order valence-corrected chi connectivity index (χ1v) is 8.26. The number of carbonyl (C=O) groups is 1. The molecule has 5 nitrogen and oxygen atoms in total. The van der Waals surface area contributed by atoms with Crippen molar-refractivity contribution >= 4 is 23.4 Å². The highest BCUT2D eigenvalue weighted by Gasteiger charge is 2.55. The highest BCUT2D eigenvalue weighted by Crippen LogP contribution is 2.50. The Hall–Kier alpha value is -1.36. The predicted molar refractivity (Wildman–Crippen MR) is 85.2 cm³/mol. The van der Waals surface area contributed by atoms with Crippen molar-refractivity contribution < 1.29 is 9.53 Å². The summed E-state index contributed by atoms with van der Waals surface area (Å²) in [6, 6.07) is 0. The van der Waals surface area contributed by atoms with Gasteiger partial charge in [-0.25, -0.2) is 9.97 Å². The second-order valence-corrected chi connectivity index (χ2v) is 6.71. The van der Waals surface area contributed by atoms with Gasteiger partial charge >= 0.3 is 5.97 Å². The van der Waals surface area contributed by atoms with Gasteiger partial charge in [-0.3, -0.25) is 4.79 Å². The molecule has 1 aliphatic heterocycles. The Kier molecular flexibility index (Phi) is 4.02. The van der Waals surface area contributed by atoms with Gasteiger partial charge in [0.25, 0.3) is 0 Å². The average Bonchev–Trinajstić information content (AvgIpc) is 3.06. The molecule has 1 aromatic rings. The van der Waals surface area contributed by atoms with Crippen molar-refractivity contribution in [3.63, 3.8) is 0 Å². The van der Waals surface area contributed by atoms with Crippen molar-refractivity contribution in [3.05, 3.63) is 16.5 Å². The fourth-order valence-corrected chi connectivity index (χ4v) is 4.16.